The van der Waals surface area contributed by atoms with Crippen LogP contribution >= 0.6 is 0 Å². The Hall–Kier alpha value is -3.00. The first-order valence-corrected chi connectivity index (χ1v) is 9.31. The molecule has 0 saturated carbocycles. The zero-order valence-electron chi connectivity index (χ0n) is 15.7. The van der Waals surface area contributed by atoms with Crippen LogP contribution in [0.15, 0.2) is 36.4 Å². The van der Waals surface area contributed by atoms with E-state index in [1.165, 1.54) is 6.07 Å². The van der Waals surface area contributed by atoms with Crippen molar-refractivity contribution in [3.8, 4) is 5.75 Å². The van der Waals surface area contributed by atoms with Crippen LogP contribution in [0.2, 0.25) is 0 Å². The Morgan fingerprint density at radius 2 is 1.97 bits per heavy atom. The number of imide groups is 1. The summed E-state index contributed by atoms with van der Waals surface area (Å²) < 4.78 is 33.2. The molecule has 2 aromatic carbocycles. The molecule has 1 saturated heterocycles. The molecule has 2 unspecified atom stereocenters. The van der Waals surface area contributed by atoms with Gasteiger partial charge >= 0.3 is 6.03 Å². The third-order valence-electron chi connectivity index (χ3n) is 5.63. The third-order valence-corrected chi connectivity index (χ3v) is 5.63. The summed E-state index contributed by atoms with van der Waals surface area (Å²) in [6.45, 7) is -0.546. The Balaban J connectivity index is 1.65. The Morgan fingerprint density at radius 3 is 2.66 bits per heavy atom. The smallest absolute Gasteiger partial charge is 0.325 e. The number of aryl methyl sites for hydroxylation is 1. The van der Waals surface area contributed by atoms with Crippen LogP contribution in [0.25, 0.3) is 0 Å². The fourth-order valence-electron chi connectivity index (χ4n) is 4.24. The predicted octanol–water partition coefficient (Wildman–Crippen LogP) is 2.79. The zero-order chi connectivity index (χ0) is 20.8. The van der Waals surface area contributed by atoms with E-state index in [0.717, 1.165) is 29.0 Å². The molecule has 0 aromatic heterocycles. The summed E-state index contributed by atoms with van der Waals surface area (Å²) in [6, 6.07) is 7.81. The van der Waals surface area contributed by atoms with Crippen LogP contribution in [-0.4, -0.2) is 35.6 Å². The second-order valence-electron chi connectivity index (χ2n) is 7.28. The van der Waals surface area contributed by atoms with Crippen LogP contribution in [-0.2, 0) is 16.8 Å². The number of carbonyl (C=O) groups is 2. The number of urea groups is 1. The number of carbonyl (C=O) groups excluding carboxylic acids is 2. The number of nitrogens with one attached hydrogen (secondary N) is 1. The molecule has 2 N–H and O–H groups in total. The first-order chi connectivity index (χ1) is 13.9. The van der Waals surface area contributed by atoms with Gasteiger partial charge in [-0.3, -0.25) is 9.69 Å². The molecule has 1 aliphatic carbocycles. The van der Waals surface area contributed by atoms with Gasteiger partial charge in [0.2, 0.25) is 0 Å². The van der Waals surface area contributed by atoms with Gasteiger partial charge in [0.25, 0.3) is 5.91 Å². The van der Waals surface area contributed by atoms with E-state index < -0.39 is 47.3 Å². The largest absolute Gasteiger partial charge is 0.497 e. The van der Waals surface area contributed by atoms with Crippen molar-refractivity contribution in [3.63, 3.8) is 0 Å². The highest BCUT2D eigenvalue weighted by atomic mass is 19.1. The zero-order valence-corrected chi connectivity index (χ0v) is 15.7. The topological polar surface area (TPSA) is 78.9 Å². The summed E-state index contributed by atoms with van der Waals surface area (Å²) in [5, 5.41) is 13.1. The lowest BCUT2D eigenvalue weighted by Gasteiger charge is -2.33. The molecule has 2 atom stereocenters. The number of β-amino-alcohol motifs (C(OH)–C–C–N with tert-alkyl or cyclic N) is 1. The average molecular weight is 402 g/mol. The Bertz CT molecular complexity index is 976. The number of fused-ring (bicyclic) bond motifs is 2. The minimum Gasteiger partial charge on any atom is -0.497 e. The van der Waals surface area contributed by atoms with E-state index in [1.54, 1.807) is 19.2 Å². The van der Waals surface area contributed by atoms with Crippen molar-refractivity contribution >= 4 is 11.9 Å². The molecule has 152 valence electrons. The quantitative estimate of drug-likeness (QED) is 0.771. The van der Waals surface area contributed by atoms with E-state index in [0.29, 0.717) is 24.2 Å². The van der Waals surface area contributed by atoms with Gasteiger partial charge in [-0.25, -0.2) is 13.6 Å². The van der Waals surface area contributed by atoms with Crippen LogP contribution in [0.1, 0.15) is 35.6 Å². The van der Waals surface area contributed by atoms with Gasteiger partial charge in [-0.1, -0.05) is 12.1 Å². The lowest BCUT2D eigenvalue weighted by molar-refractivity contribution is -0.133. The number of ether oxygens (including phenoxy) is 1. The highest BCUT2D eigenvalue weighted by Crippen LogP contribution is 2.41. The van der Waals surface area contributed by atoms with Crippen molar-refractivity contribution in [3.05, 3.63) is 64.7 Å². The fourth-order valence-corrected chi connectivity index (χ4v) is 4.24. The minimum atomic E-state index is -1.68. The summed E-state index contributed by atoms with van der Waals surface area (Å²) in [5.74, 6) is -1.76. The predicted molar refractivity (Wildman–Crippen MR) is 99.2 cm³/mol. The highest BCUT2D eigenvalue weighted by molar-refractivity contribution is 6.07. The third kappa shape index (κ3) is 3.04. The average Bonchev–Trinajstić information content (AvgIpc) is 2.92. The van der Waals surface area contributed by atoms with Gasteiger partial charge in [0, 0.05) is 0 Å². The summed E-state index contributed by atoms with van der Waals surface area (Å²) >= 11 is 0. The SMILES string of the molecule is COc1ccc2c(c1)CCCC21NC(=O)N(CC(O)c2c(F)cccc2F)C1=O. The van der Waals surface area contributed by atoms with E-state index in [-0.39, 0.29) is 0 Å². The standard InChI is InChI=1S/C21H20F2N2O4/c1-29-13-7-8-14-12(10-13)4-3-9-21(14)19(27)25(20(28)24-21)11-17(26)18-15(22)5-2-6-16(18)23/h2,5-8,10,17,26H,3-4,9,11H2,1H3,(H,24,28). The van der Waals surface area contributed by atoms with Gasteiger partial charge in [0.15, 0.2) is 0 Å². The summed E-state index contributed by atoms with van der Waals surface area (Å²) in [6.07, 6.45) is 0.128. The van der Waals surface area contributed by atoms with E-state index in [4.69, 9.17) is 4.74 Å². The number of methoxy groups -OCH3 is 1. The second-order valence-corrected chi connectivity index (χ2v) is 7.28. The van der Waals surface area contributed by atoms with Crippen LogP contribution in [0.4, 0.5) is 13.6 Å². The van der Waals surface area contributed by atoms with Crippen molar-refractivity contribution in [2.75, 3.05) is 13.7 Å². The van der Waals surface area contributed by atoms with E-state index in [1.807, 2.05) is 6.07 Å². The number of aliphatic hydroxyl groups excluding tert-OH is 1. The molecule has 1 spiro atoms. The molecule has 0 radical (unpaired) electrons. The molecule has 0 bridgehead atoms. The van der Waals surface area contributed by atoms with Gasteiger partial charge in [-0.2, -0.15) is 0 Å². The molecule has 2 aromatic rings. The normalized spacial score (nSPS) is 21.9. The Kier molecular flexibility index (Phi) is 4.74. The molecular weight excluding hydrogens is 382 g/mol. The first kappa shape index (κ1) is 19.3. The maximum absolute atomic E-state index is 14.0. The van der Waals surface area contributed by atoms with Gasteiger partial charge in [0.05, 0.1) is 19.2 Å². The van der Waals surface area contributed by atoms with Gasteiger partial charge in [0.1, 0.15) is 29.0 Å². The van der Waals surface area contributed by atoms with Gasteiger partial charge in [-0.05, 0) is 54.7 Å². The maximum atomic E-state index is 14.0. The Labute approximate surface area is 166 Å². The number of hydrogen-bond donors (Lipinski definition) is 2. The van der Waals surface area contributed by atoms with E-state index in [9.17, 15) is 23.5 Å². The van der Waals surface area contributed by atoms with E-state index in [2.05, 4.69) is 5.32 Å². The van der Waals surface area contributed by atoms with E-state index >= 15 is 0 Å². The highest BCUT2D eigenvalue weighted by Gasteiger charge is 2.54. The molecule has 4 rings (SSSR count). The summed E-state index contributed by atoms with van der Waals surface area (Å²) in [5.41, 5.74) is -0.239. The molecule has 29 heavy (non-hydrogen) atoms. The van der Waals surface area contributed by atoms with Gasteiger partial charge in [-0.15, -0.1) is 0 Å². The van der Waals surface area contributed by atoms with Crippen LogP contribution in [0.3, 0.4) is 0 Å². The van der Waals surface area contributed by atoms with Crippen molar-refractivity contribution in [1.29, 1.82) is 0 Å². The van der Waals surface area contributed by atoms with Crippen LogP contribution in [0.5, 0.6) is 5.75 Å². The number of hydrogen-bond acceptors (Lipinski definition) is 4. The molecule has 1 aliphatic heterocycles. The second kappa shape index (κ2) is 7.11. The van der Waals surface area contributed by atoms with Crippen LogP contribution < -0.4 is 10.1 Å². The van der Waals surface area contributed by atoms with Crippen molar-refractivity contribution in [1.82, 2.24) is 10.2 Å². The molecule has 6 nitrogen and oxygen atoms in total. The molecule has 1 fully saturated rings. The minimum absolute atomic E-state index is 0.400. The summed E-state index contributed by atoms with van der Waals surface area (Å²) in [7, 11) is 1.55. The fraction of sp³-hybridized carbons (Fsp3) is 0.333. The molecule has 3 amide bonds. The number of halogens is 2. The van der Waals surface area contributed by atoms with Gasteiger partial charge < -0.3 is 15.2 Å². The number of aliphatic hydroxyl groups is 1. The first-order valence-electron chi connectivity index (χ1n) is 9.31. The lowest BCUT2D eigenvalue weighted by Crippen LogP contribution is -2.46. The maximum Gasteiger partial charge on any atom is 0.325 e. The van der Waals surface area contributed by atoms with Crippen molar-refractivity contribution in [2.24, 2.45) is 0 Å². The van der Waals surface area contributed by atoms with Crippen molar-refractivity contribution < 1.29 is 28.2 Å². The molecule has 1 heterocycles. The number of benzene rings is 2. The van der Waals surface area contributed by atoms with Crippen LogP contribution in [0, 0.1) is 11.6 Å². The van der Waals surface area contributed by atoms with Crippen molar-refractivity contribution in [2.45, 2.75) is 30.9 Å². The Morgan fingerprint density at radius 1 is 1.24 bits per heavy atom. The molecule has 8 heteroatoms. The lowest BCUT2D eigenvalue weighted by atomic mass is 9.76. The number of rotatable bonds is 4. The molecule has 2 aliphatic rings. The molecular formula is C21H20F2N2O4. The number of amides is 3. The number of nitrogens with zero attached hydrogens (tertiary/aromatic N) is 1. The summed E-state index contributed by atoms with van der Waals surface area (Å²) in [4.78, 5) is 26.7. The monoisotopic (exact) mass is 402 g/mol.